The summed E-state index contributed by atoms with van der Waals surface area (Å²) in [5.74, 6) is 0.148. The van der Waals surface area contributed by atoms with Crippen LogP contribution in [0.15, 0.2) is 48.5 Å². The first kappa shape index (κ1) is 20.6. The van der Waals surface area contributed by atoms with E-state index < -0.39 is 0 Å². The van der Waals surface area contributed by atoms with Gasteiger partial charge in [0.2, 0.25) is 0 Å². The van der Waals surface area contributed by atoms with Gasteiger partial charge in [0.25, 0.3) is 5.91 Å². The number of hydrazine groups is 1. The van der Waals surface area contributed by atoms with E-state index >= 15 is 0 Å². The third-order valence-electron chi connectivity index (χ3n) is 3.79. The number of benzene rings is 2. The Labute approximate surface area is 164 Å². The highest BCUT2D eigenvalue weighted by Gasteiger charge is 2.06. The van der Waals surface area contributed by atoms with Crippen molar-refractivity contribution in [2.24, 2.45) is 0 Å². The number of unbranched alkanes of at least 4 members (excludes halogenated alkanes) is 2. The summed E-state index contributed by atoms with van der Waals surface area (Å²) in [6.45, 7) is 3.24. The number of nitrogens with one attached hydrogen (secondary N) is 3. The monoisotopic (exact) mass is 389 g/mol. The number of hydrogen-bond acceptors (Lipinski definition) is 3. The van der Waals surface area contributed by atoms with Crippen LogP contribution >= 0.6 is 12.2 Å². The summed E-state index contributed by atoms with van der Waals surface area (Å²) >= 11 is 5.11. The van der Waals surface area contributed by atoms with Gasteiger partial charge in [-0.3, -0.25) is 15.6 Å². The summed E-state index contributed by atoms with van der Waals surface area (Å²) in [7, 11) is 0. The number of carbonyl (C=O) groups is 1. The first-order chi connectivity index (χ1) is 13.1. The van der Waals surface area contributed by atoms with Crippen molar-refractivity contribution in [1.82, 2.24) is 16.2 Å². The molecule has 27 heavy (non-hydrogen) atoms. The average Bonchev–Trinajstić information content (AvgIpc) is 2.69. The molecule has 1 amide bonds. The van der Waals surface area contributed by atoms with Gasteiger partial charge < -0.3 is 10.1 Å². The lowest BCUT2D eigenvalue weighted by Crippen LogP contribution is -2.46. The molecule has 0 unspecified atom stereocenters. The highest BCUT2D eigenvalue weighted by atomic mass is 32.1. The second kappa shape index (κ2) is 11.1. The first-order valence-corrected chi connectivity index (χ1v) is 9.31. The van der Waals surface area contributed by atoms with Crippen molar-refractivity contribution in [2.75, 3.05) is 6.61 Å². The molecule has 144 valence electrons. The minimum absolute atomic E-state index is 0.267. The molecule has 0 aliphatic rings. The molecule has 0 saturated heterocycles. The van der Waals surface area contributed by atoms with Gasteiger partial charge in [-0.2, -0.15) is 0 Å². The zero-order valence-electron chi connectivity index (χ0n) is 15.3. The molecule has 0 aromatic heterocycles. The Bertz CT molecular complexity index is 736. The maximum Gasteiger partial charge on any atom is 0.269 e. The van der Waals surface area contributed by atoms with E-state index in [4.69, 9.17) is 17.0 Å². The second-order valence-corrected chi connectivity index (χ2v) is 6.38. The summed E-state index contributed by atoms with van der Waals surface area (Å²) < 4.78 is 18.5. The van der Waals surface area contributed by atoms with Crippen LogP contribution in [0.25, 0.3) is 0 Å². The first-order valence-electron chi connectivity index (χ1n) is 8.90. The van der Waals surface area contributed by atoms with Gasteiger partial charge in [0, 0.05) is 12.1 Å². The molecule has 0 radical (unpaired) electrons. The molecule has 0 aliphatic heterocycles. The van der Waals surface area contributed by atoms with E-state index in [9.17, 15) is 9.18 Å². The molecule has 0 spiro atoms. The number of thiocarbonyl (C=S) groups is 1. The molecule has 7 heteroatoms. The molecule has 5 nitrogen and oxygen atoms in total. The van der Waals surface area contributed by atoms with Crippen LogP contribution in [0.1, 0.15) is 42.1 Å². The van der Waals surface area contributed by atoms with E-state index in [1.54, 1.807) is 36.4 Å². The lowest BCUT2D eigenvalue weighted by atomic mass is 10.2. The number of ether oxygens (including phenoxy) is 1. The largest absolute Gasteiger partial charge is 0.494 e. The van der Waals surface area contributed by atoms with Gasteiger partial charge in [0.1, 0.15) is 11.6 Å². The number of hydrogen-bond donors (Lipinski definition) is 3. The predicted octanol–water partition coefficient (Wildman–Crippen LogP) is 3.70. The van der Waals surface area contributed by atoms with Gasteiger partial charge in [-0.1, -0.05) is 31.9 Å². The van der Waals surface area contributed by atoms with Crippen LogP contribution in [-0.2, 0) is 6.54 Å². The van der Waals surface area contributed by atoms with Crippen LogP contribution in [0.3, 0.4) is 0 Å². The molecular formula is C20H24FN3O2S. The van der Waals surface area contributed by atoms with Crippen LogP contribution in [0, 0.1) is 5.82 Å². The highest BCUT2D eigenvalue weighted by molar-refractivity contribution is 7.80. The van der Waals surface area contributed by atoms with E-state index in [1.165, 1.54) is 12.1 Å². The van der Waals surface area contributed by atoms with Crippen molar-refractivity contribution in [3.8, 4) is 5.75 Å². The maximum atomic E-state index is 12.9. The smallest absolute Gasteiger partial charge is 0.269 e. The van der Waals surface area contributed by atoms with Gasteiger partial charge >= 0.3 is 0 Å². The lowest BCUT2D eigenvalue weighted by molar-refractivity contribution is 0.0943. The normalized spacial score (nSPS) is 10.1. The number of carbonyl (C=O) groups excluding carboxylic acids is 1. The summed E-state index contributed by atoms with van der Waals surface area (Å²) in [6, 6.07) is 13.0. The van der Waals surface area contributed by atoms with E-state index in [0.717, 1.165) is 30.6 Å². The van der Waals surface area contributed by atoms with E-state index in [2.05, 4.69) is 23.1 Å². The van der Waals surface area contributed by atoms with Crippen molar-refractivity contribution in [1.29, 1.82) is 0 Å². The SMILES string of the molecule is CCCCCOc1ccc(C(=O)NNC(=S)NCc2ccc(F)cc2)cc1. The Kier molecular flexibility index (Phi) is 8.51. The van der Waals surface area contributed by atoms with Crippen LogP contribution in [0.2, 0.25) is 0 Å². The fourth-order valence-corrected chi connectivity index (χ4v) is 2.38. The Hall–Kier alpha value is -2.67. The van der Waals surface area contributed by atoms with Crippen LogP contribution < -0.4 is 20.9 Å². The quantitative estimate of drug-likeness (QED) is 0.365. The van der Waals surface area contributed by atoms with Crippen molar-refractivity contribution >= 4 is 23.2 Å². The van der Waals surface area contributed by atoms with Crippen molar-refractivity contribution < 1.29 is 13.9 Å². The maximum absolute atomic E-state index is 12.9. The van der Waals surface area contributed by atoms with Crippen molar-refractivity contribution in [2.45, 2.75) is 32.7 Å². The number of rotatable bonds is 8. The van der Waals surface area contributed by atoms with Gasteiger partial charge in [-0.25, -0.2) is 4.39 Å². The Morgan fingerprint density at radius 1 is 1.04 bits per heavy atom. The van der Waals surface area contributed by atoms with Gasteiger partial charge in [0.15, 0.2) is 5.11 Å². The number of amides is 1. The van der Waals surface area contributed by atoms with Crippen molar-refractivity contribution in [3.05, 3.63) is 65.5 Å². The summed E-state index contributed by atoms with van der Waals surface area (Å²) in [5, 5.41) is 3.20. The molecule has 0 atom stereocenters. The van der Waals surface area contributed by atoms with E-state index in [0.29, 0.717) is 18.7 Å². The molecule has 0 heterocycles. The molecule has 0 aliphatic carbocycles. The van der Waals surface area contributed by atoms with Gasteiger partial charge in [0.05, 0.1) is 6.61 Å². The van der Waals surface area contributed by atoms with Gasteiger partial charge in [-0.05, 0) is 60.6 Å². The van der Waals surface area contributed by atoms with E-state index in [1.807, 2.05) is 0 Å². The van der Waals surface area contributed by atoms with E-state index in [-0.39, 0.29) is 16.8 Å². The van der Waals surface area contributed by atoms with Crippen LogP contribution in [0.5, 0.6) is 5.75 Å². The van der Waals surface area contributed by atoms with Gasteiger partial charge in [-0.15, -0.1) is 0 Å². The highest BCUT2D eigenvalue weighted by Crippen LogP contribution is 2.12. The second-order valence-electron chi connectivity index (χ2n) is 5.97. The number of halogens is 1. The third-order valence-corrected chi connectivity index (χ3v) is 4.04. The lowest BCUT2D eigenvalue weighted by Gasteiger charge is -2.12. The Balaban J connectivity index is 1.71. The zero-order chi connectivity index (χ0) is 19.5. The topological polar surface area (TPSA) is 62.4 Å². The molecular weight excluding hydrogens is 365 g/mol. The summed E-state index contributed by atoms with van der Waals surface area (Å²) in [5.41, 5.74) is 6.54. The predicted molar refractivity (Wildman–Crippen MR) is 108 cm³/mol. The van der Waals surface area contributed by atoms with Crippen molar-refractivity contribution in [3.63, 3.8) is 0 Å². The molecule has 3 N–H and O–H groups in total. The fraction of sp³-hybridized carbons (Fsp3) is 0.300. The molecule has 0 fully saturated rings. The molecule has 0 bridgehead atoms. The minimum atomic E-state index is -0.307. The average molecular weight is 389 g/mol. The fourth-order valence-electron chi connectivity index (χ4n) is 2.26. The molecule has 2 aromatic carbocycles. The van der Waals surface area contributed by atoms with Crippen LogP contribution in [-0.4, -0.2) is 17.6 Å². The molecule has 2 aromatic rings. The third kappa shape index (κ3) is 7.62. The molecule has 2 rings (SSSR count). The summed E-state index contributed by atoms with van der Waals surface area (Å²) in [4.78, 5) is 12.1. The Morgan fingerprint density at radius 2 is 1.74 bits per heavy atom. The summed E-state index contributed by atoms with van der Waals surface area (Å²) in [6.07, 6.45) is 3.31. The zero-order valence-corrected chi connectivity index (χ0v) is 16.1. The van der Waals surface area contributed by atoms with Crippen LogP contribution in [0.4, 0.5) is 4.39 Å². The minimum Gasteiger partial charge on any atom is -0.494 e. The Morgan fingerprint density at radius 3 is 2.41 bits per heavy atom. The molecule has 0 saturated carbocycles. The standard InChI is InChI=1S/C20H24FN3O2S/c1-2-3-4-13-26-18-11-7-16(8-12-18)19(25)23-24-20(27)22-14-15-5-9-17(21)10-6-15/h5-12H,2-4,13-14H2,1H3,(H,23,25)(H2,22,24,27).